The Hall–Kier alpha value is -4.15. The number of ether oxygens (including phenoxy) is 1. The van der Waals surface area contributed by atoms with E-state index in [2.05, 4.69) is 30.0 Å². The molecule has 0 atom stereocenters. The highest BCUT2D eigenvalue weighted by molar-refractivity contribution is 5.85. The summed E-state index contributed by atoms with van der Waals surface area (Å²) >= 11 is 0. The lowest BCUT2D eigenvalue weighted by molar-refractivity contribution is -0.147. The number of nitrogens with zero attached hydrogens (tertiary/aromatic N) is 3. The number of benzene rings is 3. The number of methoxy groups -OCH3 is 1. The summed E-state index contributed by atoms with van der Waals surface area (Å²) in [5.74, 6) is 0.322. The Morgan fingerprint density at radius 3 is 2.45 bits per heavy atom. The fraction of sp³-hybridized carbons (Fsp3) is 0.323. The maximum Gasteiger partial charge on any atom is 0.308 e. The smallest absolute Gasteiger partial charge is 0.308 e. The number of piperidine rings is 1. The molecule has 7 heteroatoms. The average Bonchev–Trinajstić information content (AvgIpc) is 3.34. The molecule has 5 rings (SSSR count). The first-order chi connectivity index (χ1) is 17.9. The molecule has 1 aromatic heterocycles. The molecule has 0 unspecified atom stereocenters. The number of nitriles is 1. The van der Waals surface area contributed by atoms with E-state index >= 15 is 0 Å². The Labute approximate surface area is 223 Å². The molecule has 3 aromatic carbocycles. The van der Waals surface area contributed by atoms with Crippen LogP contribution in [0.3, 0.4) is 0 Å². The van der Waals surface area contributed by atoms with Gasteiger partial charge in [0.05, 0.1) is 18.6 Å². The van der Waals surface area contributed by atoms with Gasteiger partial charge in [0, 0.05) is 17.8 Å². The van der Waals surface area contributed by atoms with Gasteiger partial charge in [0.15, 0.2) is 5.58 Å². The van der Waals surface area contributed by atoms with Crippen molar-refractivity contribution in [2.24, 2.45) is 5.92 Å². The first kappa shape index (κ1) is 26.9. The summed E-state index contributed by atoms with van der Waals surface area (Å²) in [5.41, 5.74) is 14.6. The molecule has 196 valence electrons. The van der Waals surface area contributed by atoms with Crippen molar-refractivity contribution in [1.82, 2.24) is 9.88 Å². The van der Waals surface area contributed by atoms with Crippen LogP contribution in [0, 0.1) is 31.1 Å². The highest BCUT2D eigenvalue weighted by atomic mass is 16.5. The molecule has 0 saturated carbocycles. The summed E-state index contributed by atoms with van der Waals surface area (Å²) in [6.07, 6.45) is 1.55. The Bertz CT molecular complexity index is 1520. The van der Waals surface area contributed by atoms with E-state index in [-0.39, 0.29) is 19.3 Å². The third-order valence-electron chi connectivity index (χ3n) is 7.43. The molecule has 2 heterocycles. The minimum atomic E-state index is -0.131. The number of anilines is 1. The topological polar surface area (TPSA) is 105 Å². The predicted molar refractivity (Wildman–Crippen MR) is 150 cm³/mol. The number of oxazole rings is 1. The first-order valence-electron chi connectivity index (χ1n) is 12.5. The zero-order valence-corrected chi connectivity index (χ0v) is 21.4. The Balaban J connectivity index is 0.00000336. The fourth-order valence-electron chi connectivity index (χ4n) is 5.24. The van der Waals surface area contributed by atoms with Crippen molar-refractivity contribution in [3.8, 4) is 28.7 Å². The zero-order valence-electron chi connectivity index (χ0n) is 21.4. The van der Waals surface area contributed by atoms with Crippen molar-refractivity contribution >= 4 is 22.8 Å². The van der Waals surface area contributed by atoms with Gasteiger partial charge in [0.2, 0.25) is 5.89 Å². The summed E-state index contributed by atoms with van der Waals surface area (Å²) in [7, 11) is 1.44. The summed E-state index contributed by atoms with van der Waals surface area (Å²) in [4.78, 5) is 18.9. The SMILES string of the molecule is C.COC(=O)C1CCN(Cc2cc(C#N)c3oc(-c4cccc(-c5cccc(N)c5C)c4C)nc3c2)CC1. The first-order valence-corrected chi connectivity index (χ1v) is 12.5. The second kappa shape index (κ2) is 11.1. The van der Waals surface area contributed by atoms with Gasteiger partial charge in [0.25, 0.3) is 0 Å². The van der Waals surface area contributed by atoms with Crippen LogP contribution >= 0.6 is 0 Å². The van der Waals surface area contributed by atoms with Crippen molar-refractivity contribution in [3.05, 3.63) is 70.8 Å². The molecule has 0 spiro atoms. The molecule has 7 nitrogen and oxygen atoms in total. The van der Waals surface area contributed by atoms with Gasteiger partial charge in [-0.25, -0.2) is 4.98 Å². The standard InChI is InChI=1S/C30H30N4O3.CH4/c1-18-23(24-7-5-9-26(32)19(24)2)6-4-8-25(18)29-33-27-15-20(14-22(16-31)28(27)37-29)17-34-12-10-21(11-13-34)30(35)36-3;/h4-9,14-15,21H,10-13,17,32H2,1-3H3;1H4. The normalized spacial score (nSPS) is 14.2. The second-order valence-electron chi connectivity index (χ2n) is 9.69. The average molecular weight is 511 g/mol. The van der Waals surface area contributed by atoms with Gasteiger partial charge < -0.3 is 14.9 Å². The molecule has 2 N–H and O–H groups in total. The summed E-state index contributed by atoms with van der Waals surface area (Å²) in [6.45, 7) is 6.37. The van der Waals surface area contributed by atoms with E-state index in [4.69, 9.17) is 19.9 Å². The summed E-state index contributed by atoms with van der Waals surface area (Å²) in [5, 5.41) is 9.86. The molecule has 0 amide bonds. The minimum absolute atomic E-state index is 0. The van der Waals surface area contributed by atoms with E-state index in [0.29, 0.717) is 29.1 Å². The van der Waals surface area contributed by atoms with E-state index in [1.807, 2.05) is 43.3 Å². The zero-order chi connectivity index (χ0) is 26.1. The van der Waals surface area contributed by atoms with Crippen LogP contribution in [0.5, 0.6) is 0 Å². The maximum atomic E-state index is 11.8. The van der Waals surface area contributed by atoms with Crippen molar-refractivity contribution in [2.45, 2.75) is 40.7 Å². The Morgan fingerprint density at radius 1 is 1.11 bits per heavy atom. The fourth-order valence-corrected chi connectivity index (χ4v) is 5.24. The number of esters is 1. The largest absolute Gasteiger partial charge is 0.469 e. The molecule has 4 aromatic rings. The van der Waals surface area contributed by atoms with Gasteiger partial charge in [0.1, 0.15) is 11.6 Å². The number of hydrogen-bond donors (Lipinski definition) is 1. The van der Waals surface area contributed by atoms with Crippen LogP contribution in [0.1, 0.15) is 42.5 Å². The number of fused-ring (bicyclic) bond motifs is 1. The van der Waals surface area contributed by atoms with Gasteiger partial charge in [-0.15, -0.1) is 0 Å². The van der Waals surface area contributed by atoms with E-state index in [0.717, 1.165) is 65.0 Å². The number of aromatic nitrogens is 1. The summed E-state index contributed by atoms with van der Waals surface area (Å²) in [6, 6.07) is 18.1. The van der Waals surface area contributed by atoms with Crippen molar-refractivity contribution in [2.75, 3.05) is 25.9 Å². The molecule has 1 aliphatic heterocycles. The molecule has 1 saturated heterocycles. The van der Waals surface area contributed by atoms with E-state index in [1.165, 1.54) is 7.11 Å². The maximum absolute atomic E-state index is 11.8. The molecule has 38 heavy (non-hydrogen) atoms. The quantitative estimate of drug-likeness (QED) is 0.250. The number of hydrogen-bond acceptors (Lipinski definition) is 7. The molecule has 0 aliphatic carbocycles. The molecule has 1 aliphatic rings. The number of nitrogen functional groups attached to an aromatic ring is 1. The van der Waals surface area contributed by atoms with Crippen LogP contribution in [0.15, 0.2) is 52.9 Å². The minimum Gasteiger partial charge on any atom is -0.469 e. The van der Waals surface area contributed by atoms with Crippen LogP contribution in [0.2, 0.25) is 0 Å². The van der Waals surface area contributed by atoms with Gasteiger partial charge in [-0.2, -0.15) is 5.26 Å². The van der Waals surface area contributed by atoms with Gasteiger partial charge >= 0.3 is 5.97 Å². The van der Waals surface area contributed by atoms with Crippen LogP contribution in [0.25, 0.3) is 33.7 Å². The molecular weight excluding hydrogens is 476 g/mol. The lowest BCUT2D eigenvalue weighted by Crippen LogP contribution is -2.36. The lowest BCUT2D eigenvalue weighted by atomic mass is 9.93. The number of carbonyl (C=O) groups is 1. The third kappa shape index (κ3) is 5.00. The van der Waals surface area contributed by atoms with Gasteiger partial charge in [-0.1, -0.05) is 31.7 Å². The Kier molecular flexibility index (Phi) is 7.84. The second-order valence-corrected chi connectivity index (χ2v) is 9.69. The monoisotopic (exact) mass is 510 g/mol. The molecule has 1 fully saturated rings. The molecule has 0 bridgehead atoms. The lowest BCUT2D eigenvalue weighted by Gasteiger charge is -2.30. The van der Waals surface area contributed by atoms with Crippen molar-refractivity contribution < 1.29 is 13.9 Å². The highest BCUT2D eigenvalue weighted by Crippen LogP contribution is 2.36. The molecular formula is C31H34N4O3. The third-order valence-corrected chi connectivity index (χ3v) is 7.43. The Morgan fingerprint density at radius 2 is 1.76 bits per heavy atom. The highest BCUT2D eigenvalue weighted by Gasteiger charge is 2.26. The van der Waals surface area contributed by atoms with Crippen molar-refractivity contribution in [3.63, 3.8) is 0 Å². The van der Waals surface area contributed by atoms with Crippen LogP contribution in [0.4, 0.5) is 5.69 Å². The number of rotatable bonds is 5. The predicted octanol–water partition coefficient (Wildman–Crippen LogP) is 6.25. The summed E-state index contributed by atoms with van der Waals surface area (Å²) < 4.78 is 11.1. The van der Waals surface area contributed by atoms with Gasteiger partial charge in [-0.05, 0) is 91.9 Å². The van der Waals surface area contributed by atoms with Gasteiger partial charge in [-0.3, -0.25) is 9.69 Å². The van der Waals surface area contributed by atoms with Crippen LogP contribution in [-0.2, 0) is 16.1 Å². The molecule has 0 radical (unpaired) electrons. The number of carbonyl (C=O) groups excluding carboxylic acids is 1. The van der Waals surface area contributed by atoms with Crippen molar-refractivity contribution in [1.29, 1.82) is 5.26 Å². The van der Waals surface area contributed by atoms with Crippen LogP contribution in [-0.4, -0.2) is 36.1 Å². The van der Waals surface area contributed by atoms with Crippen LogP contribution < -0.4 is 5.73 Å². The van der Waals surface area contributed by atoms with E-state index in [9.17, 15) is 10.1 Å². The van der Waals surface area contributed by atoms with E-state index in [1.54, 1.807) is 0 Å². The number of likely N-dealkylation sites (tertiary alicyclic amines) is 1. The van der Waals surface area contributed by atoms with E-state index < -0.39 is 0 Å². The number of nitrogens with two attached hydrogens (primary N) is 1.